The molecule has 9 heteroatoms. The van der Waals surface area contributed by atoms with Crippen LogP contribution in [-0.2, 0) is 14.8 Å². The van der Waals surface area contributed by atoms with Crippen molar-refractivity contribution in [2.45, 2.75) is 19.4 Å². The van der Waals surface area contributed by atoms with Gasteiger partial charge in [0.05, 0.1) is 39.3 Å². The Bertz CT molecular complexity index is 977. The summed E-state index contributed by atoms with van der Waals surface area (Å²) in [6.45, 7) is 1.55. The van der Waals surface area contributed by atoms with Crippen LogP contribution >= 0.6 is 0 Å². The molecule has 0 aliphatic rings. The Kier molecular flexibility index (Phi) is 7.93. The van der Waals surface area contributed by atoms with E-state index >= 15 is 0 Å². The molecule has 30 heavy (non-hydrogen) atoms. The zero-order valence-corrected chi connectivity index (χ0v) is 18.7. The second-order valence-corrected chi connectivity index (χ2v) is 8.49. The molecule has 8 nitrogen and oxygen atoms in total. The highest BCUT2D eigenvalue weighted by Crippen LogP contribution is 2.31. The van der Waals surface area contributed by atoms with Crippen LogP contribution in [0.15, 0.2) is 42.5 Å². The van der Waals surface area contributed by atoms with Crippen molar-refractivity contribution in [1.29, 1.82) is 0 Å². The van der Waals surface area contributed by atoms with E-state index in [4.69, 9.17) is 14.2 Å². The van der Waals surface area contributed by atoms with Crippen LogP contribution in [0.2, 0.25) is 0 Å². The summed E-state index contributed by atoms with van der Waals surface area (Å²) in [4.78, 5) is 12.8. The van der Waals surface area contributed by atoms with Gasteiger partial charge in [-0.05, 0) is 36.2 Å². The highest BCUT2D eigenvalue weighted by molar-refractivity contribution is 7.92. The molecule has 0 aliphatic heterocycles. The first-order chi connectivity index (χ1) is 14.2. The average Bonchev–Trinajstić information content (AvgIpc) is 2.74. The topological polar surface area (TPSA) is 94.2 Å². The zero-order chi connectivity index (χ0) is 22.3. The van der Waals surface area contributed by atoms with Crippen LogP contribution in [0, 0.1) is 0 Å². The average molecular weight is 437 g/mol. The first-order valence-electron chi connectivity index (χ1n) is 9.37. The van der Waals surface area contributed by atoms with E-state index in [2.05, 4.69) is 5.32 Å². The van der Waals surface area contributed by atoms with Gasteiger partial charge in [0.25, 0.3) is 0 Å². The number of para-hydroxylation sites is 2. The molecule has 1 unspecified atom stereocenters. The van der Waals surface area contributed by atoms with Crippen LogP contribution in [-0.4, -0.2) is 48.5 Å². The molecule has 1 atom stereocenters. The minimum absolute atomic E-state index is 0.303. The van der Waals surface area contributed by atoms with E-state index in [1.807, 2.05) is 13.0 Å². The molecule has 0 radical (unpaired) electrons. The van der Waals surface area contributed by atoms with Crippen LogP contribution in [0.4, 0.5) is 5.69 Å². The molecule has 0 aliphatic carbocycles. The van der Waals surface area contributed by atoms with Crippen LogP contribution in [0.3, 0.4) is 0 Å². The van der Waals surface area contributed by atoms with Crippen LogP contribution in [0.5, 0.6) is 17.2 Å². The van der Waals surface area contributed by atoms with Crippen molar-refractivity contribution < 1.29 is 27.4 Å². The Morgan fingerprint density at radius 3 is 2.20 bits per heavy atom. The third-order valence-corrected chi connectivity index (χ3v) is 5.72. The Balaban J connectivity index is 2.26. The number of rotatable bonds is 10. The SMILES string of the molecule is CCC(NC(=O)CN(c1ccccc1OC)S(C)(=O)=O)c1ccc(OC)c(OC)c1. The highest BCUT2D eigenvalue weighted by Gasteiger charge is 2.25. The Labute approximate surface area is 177 Å². The van der Waals surface area contributed by atoms with E-state index in [0.717, 1.165) is 16.1 Å². The molecule has 1 amide bonds. The summed E-state index contributed by atoms with van der Waals surface area (Å²) < 4.78 is 41.6. The van der Waals surface area contributed by atoms with Gasteiger partial charge in [0.2, 0.25) is 15.9 Å². The van der Waals surface area contributed by atoms with Gasteiger partial charge in [-0.15, -0.1) is 0 Å². The van der Waals surface area contributed by atoms with E-state index in [1.54, 1.807) is 50.6 Å². The smallest absolute Gasteiger partial charge is 0.241 e. The summed E-state index contributed by atoms with van der Waals surface area (Å²) >= 11 is 0. The molecule has 164 valence electrons. The maximum Gasteiger partial charge on any atom is 0.241 e. The molecule has 0 spiro atoms. The molecular formula is C21H28N2O6S. The van der Waals surface area contributed by atoms with E-state index in [1.165, 1.54) is 7.11 Å². The lowest BCUT2D eigenvalue weighted by Crippen LogP contribution is -2.41. The van der Waals surface area contributed by atoms with Gasteiger partial charge in [-0.2, -0.15) is 0 Å². The van der Waals surface area contributed by atoms with Crippen molar-refractivity contribution in [3.63, 3.8) is 0 Å². The fourth-order valence-electron chi connectivity index (χ4n) is 3.08. The number of nitrogens with zero attached hydrogens (tertiary/aromatic N) is 1. The van der Waals surface area contributed by atoms with Crippen molar-refractivity contribution in [2.75, 3.05) is 38.4 Å². The second-order valence-electron chi connectivity index (χ2n) is 6.58. The molecule has 2 aromatic rings. The molecule has 0 bridgehead atoms. The van der Waals surface area contributed by atoms with Gasteiger partial charge in [-0.3, -0.25) is 9.10 Å². The molecule has 0 fully saturated rings. The standard InChI is InChI=1S/C21H28N2O6S/c1-6-16(15-11-12-19(28-3)20(13-15)29-4)22-21(24)14-23(30(5,25)26)17-9-7-8-10-18(17)27-2/h7-13,16H,6,14H2,1-5H3,(H,22,24). The van der Waals surface area contributed by atoms with Gasteiger partial charge in [0.15, 0.2) is 11.5 Å². The fraction of sp³-hybridized carbons (Fsp3) is 0.381. The van der Waals surface area contributed by atoms with Gasteiger partial charge in [0, 0.05) is 0 Å². The summed E-state index contributed by atoms with van der Waals surface area (Å²) in [6.07, 6.45) is 1.66. The fourth-order valence-corrected chi connectivity index (χ4v) is 3.94. The number of hydrogen-bond donors (Lipinski definition) is 1. The van der Waals surface area contributed by atoms with Crippen molar-refractivity contribution in [1.82, 2.24) is 5.32 Å². The van der Waals surface area contributed by atoms with Gasteiger partial charge >= 0.3 is 0 Å². The predicted octanol–water partition coefficient (Wildman–Crippen LogP) is 2.75. The number of methoxy groups -OCH3 is 3. The largest absolute Gasteiger partial charge is 0.495 e. The van der Waals surface area contributed by atoms with Gasteiger partial charge in [-0.25, -0.2) is 8.42 Å². The summed E-state index contributed by atoms with van der Waals surface area (Å²) in [5.41, 5.74) is 1.13. The first-order valence-corrected chi connectivity index (χ1v) is 11.2. The van der Waals surface area contributed by atoms with Crippen molar-refractivity contribution in [3.05, 3.63) is 48.0 Å². The number of anilines is 1. The van der Waals surface area contributed by atoms with Gasteiger partial charge in [-0.1, -0.05) is 25.1 Å². The lowest BCUT2D eigenvalue weighted by Gasteiger charge is -2.25. The first kappa shape index (κ1) is 23.3. The molecule has 0 heterocycles. The number of ether oxygens (including phenoxy) is 3. The number of sulfonamides is 1. The van der Waals surface area contributed by atoms with Gasteiger partial charge < -0.3 is 19.5 Å². The summed E-state index contributed by atoms with van der Waals surface area (Å²) in [7, 11) is 0.821. The number of nitrogens with one attached hydrogen (secondary N) is 1. The minimum Gasteiger partial charge on any atom is -0.495 e. The van der Waals surface area contributed by atoms with E-state index in [0.29, 0.717) is 29.4 Å². The van der Waals surface area contributed by atoms with Crippen LogP contribution in [0.25, 0.3) is 0 Å². The Morgan fingerprint density at radius 2 is 1.63 bits per heavy atom. The Morgan fingerprint density at radius 1 is 1.00 bits per heavy atom. The number of amides is 1. The zero-order valence-electron chi connectivity index (χ0n) is 17.8. The molecule has 1 N–H and O–H groups in total. The van der Waals surface area contributed by atoms with Crippen LogP contribution < -0.4 is 23.8 Å². The number of carbonyl (C=O) groups is 1. The molecule has 2 aromatic carbocycles. The van der Waals surface area contributed by atoms with E-state index in [9.17, 15) is 13.2 Å². The Hall–Kier alpha value is -2.94. The lowest BCUT2D eigenvalue weighted by atomic mass is 10.0. The highest BCUT2D eigenvalue weighted by atomic mass is 32.2. The summed E-state index contributed by atoms with van der Waals surface area (Å²) in [5.74, 6) is 1.06. The minimum atomic E-state index is -3.72. The number of benzene rings is 2. The van der Waals surface area contributed by atoms with Crippen molar-refractivity contribution in [2.24, 2.45) is 0 Å². The van der Waals surface area contributed by atoms with Gasteiger partial charge in [0.1, 0.15) is 12.3 Å². The van der Waals surface area contributed by atoms with Crippen molar-refractivity contribution >= 4 is 21.6 Å². The molecule has 0 saturated carbocycles. The molecular weight excluding hydrogens is 408 g/mol. The van der Waals surface area contributed by atoms with E-state index in [-0.39, 0.29) is 12.6 Å². The molecule has 0 saturated heterocycles. The van der Waals surface area contributed by atoms with Crippen LogP contribution in [0.1, 0.15) is 24.9 Å². The second kappa shape index (κ2) is 10.2. The normalized spacial score (nSPS) is 12.0. The summed E-state index contributed by atoms with van der Waals surface area (Å²) in [6, 6.07) is 11.7. The lowest BCUT2D eigenvalue weighted by molar-refractivity contribution is -0.120. The monoisotopic (exact) mass is 436 g/mol. The quantitative estimate of drug-likeness (QED) is 0.616. The maximum atomic E-state index is 12.8. The summed E-state index contributed by atoms with van der Waals surface area (Å²) in [5, 5.41) is 2.90. The molecule has 2 rings (SSSR count). The van der Waals surface area contributed by atoms with Crippen molar-refractivity contribution in [3.8, 4) is 17.2 Å². The third kappa shape index (κ3) is 5.56. The number of carbonyl (C=O) groups excluding carboxylic acids is 1. The maximum absolute atomic E-state index is 12.8. The number of hydrogen-bond acceptors (Lipinski definition) is 6. The van der Waals surface area contributed by atoms with E-state index < -0.39 is 15.9 Å². The molecule has 0 aromatic heterocycles. The third-order valence-electron chi connectivity index (χ3n) is 4.59. The predicted molar refractivity (Wildman–Crippen MR) is 116 cm³/mol.